The Balaban J connectivity index is 2.30. The molecule has 0 radical (unpaired) electrons. The first kappa shape index (κ1) is 11.7. The first-order chi connectivity index (χ1) is 6.53. The second-order valence-corrected chi connectivity index (χ2v) is 5.42. The maximum Gasteiger partial charge on any atom is 0.173 e. The molecule has 0 spiro atoms. The van der Waals surface area contributed by atoms with Crippen molar-refractivity contribution in [3.63, 3.8) is 0 Å². The monoisotopic (exact) mass is 219 g/mol. The molecule has 82 valence electrons. The van der Waals surface area contributed by atoms with E-state index in [9.17, 15) is 8.42 Å². The molecule has 0 saturated carbocycles. The van der Waals surface area contributed by atoms with E-state index < -0.39 is 9.84 Å². The highest BCUT2D eigenvalue weighted by Gasteiger charge is 2.22. The minimum Gasteiger partial charge on any atom is -0.380 e. The van der Waals surface area contributed by atoms with Crippen molar-refractivity contribution in [3.8, 4) is 0 Å². The maximum atomic E-state index is 11.1. The molecule has 2 unspecified atom stereocenters. The first-order valence-electron chi connectivity index (χ1n) is 4.78. The Morgan fingerprint density at radius 1 is 1.64 bits per heavy atom. The summed E-state index contributed by atoms with van der Waals surface area (Å²) in [6.07, 6.45) is 1.69. The summed E-state index contributed by atoms with van der Waals surface area (Å²) in [5.74, 6) is 0.170. The van der Waals surface area contributed by atoms with Crippen LogP contribution in [0.15, 0.2) is 11.5 Å². The third-order valence-corrected chi connectivity index (χ3v) is 3.40. The van der Waals surface area contributed by atoms with Crippen LogP contribution in [0.1, 0.15) is 13.8 Å². The lowest BCUT2D eigenvalue weighted by molar-refractivity contribution is 0.126. The summed E-state index contributed by atoms with van der Waals surface area (Å²) in [7, 11) is -2.95. The summed E-state index contributed by atoms with van der Waals surface area (Å²) in [5, 5.41) is 4.45. The van der Waals surface area contributed by atoms with Crippen LogP contribution in [0.4, 0.5) is 0 Å². The predicted molar refractivity (Wildman–Crippen MR) is 55.8 cm³/mol. The van der Waals surface area contributed by atoms with Crippen molar-refractivity contribution in [2.45, 2.75) is 25.9 Å². The zero-order valence-electron chi connectivity index (χ0n) is 8.56. The quantitative estimate of drug-likeness (QED) is 0.723. The highest BCUT2D eigenvalue weighted by molar-refractivity contribution is 7.94. The van der Waals surface area contributed by atoms with Gasteiger partial charge >= 0.3 is 0 Å². The molecule has 0 amide bonds. The van der Waals surface area contributed by atoms with Gasteiger partial charge in [0.05, 0.1) is 12.4 Å². The van der Waals surface area contributed by atoms with E-state index >= 15 is 0 Å². The molecule has 5 heteroatoms. The average Bonchev–Trinajstić information content (AvgIpc) is 2.42. The van der Waals surface area contributed by atoms with Crippen molar-refractivity contribution in [2.75, 3.05) is 19.0 Å². The number of rotatable bonds is 5. The van der Waals surface area contributed by atoms with Crippen molar-refractivity contribution < 1.29 is 13.2 Å². The predicted octanol–water partition coefficient (Wildman–Crippen LogP) is 0.312. The van der Waals surface area contributed by atoms with Crippen LogP contribution in [0.5, 0.6) is 0 Å². The minimum atomic E-state index is -2.95. The summed E-state index contributed by atoms with van der Waals surface area (Å²) < 4.78 is 27.4. The molecule has 1 heterocycles. The Labute approximate surface area is 85.3 Å². The van der Waals surface area contributed by atoms with E-state index in [0.29, 0.717) is 13.2 Å². The second kappa shape index (κ2) is 4.91. The summed E-state index contributed by atoms with van der Waals surface area (Å²) in [5.41, 5.74) is 0. The van der Waals surface area contributed by atoms with Crippen LogP contribution >= 0.6 is 0 Å². The van der Waals surface area contributed by atoms with Gasteiger partial charge in [0.2, 0.25) is 0 Å². The largest absolute Gasteiger partial charge is 0.380 e. The van der Waals surface area contributed by atoms with E-state index in [1.54, 1.807) is 6.08 Å². The molecular weight excluding hydrogens is 202 g/mol. The van der Waals surface area contributed by atoms with Crippen molar-refractivity contribution in [2.24, 2.45) is 0 Å². The topological polar surface area (TPSA) is 55.4 Å². The van der Waals surface area contributed by atoms with Crippen molar-refractivity contribution in [3.05, 3.63) is 11.5 Å². The number of ether oxygens (including phenoxy) is 1. The van der Waals surface area contributed by atoms with Gasteiger partial charge < -0.3 is 10.1 Å². The second-order valence-electron chi connectivity index (χ2n) is 3.49. The van der Waals surface area contributed by atoms with Gasteiger partial charge in [0.25, 0.3) is 0 Å². The Hall–Kier alpha value is -0.390. The number of hydrogen-bond donors (Lipinski definition) is 1. The molecule has 14 heavy (non-hydrogen) atoms. The van der Waals surface area contributed by atoms with Crippen LogP contribution in [-0.2, 0) is 14.6 Å². The molecular formula is C9H17NO3S. The summed E-state index contributed by atoms with van der Waals surface area (Å²) in [4.78, 5) is 0. The Bertz CT molecular complexity index is 297. The fraction of sp³-hybridized carbons (Fsp3) is 0.778. The van der Waals surface area contributed by atoms with Gasteiger partial charge in [0, 0.05) is 24.1 Å². The molecule has 0 aromatic heterocycles. The molecule has 0 aromatic carbocycles. The first-order valence-corrected chi connectivity index (χ1v) is 6.50. The molecule has 0 fully saturated rings. The fourth-order valence-electron chi connectivity index (χ4n) is 1.39. The zero-order chi connectivity index (χ0) is 10.6. The van der Waals surface area contributed by atoms with E-state index in [1.807, 2.05) is 13.8 Å². The van der Waals surface area contributed by atoms with Gasteiger partial charge in [-0.05, 0) is 13.8 Å². The van der Waals surface area contributed by atoms with Gasteiger partial charge in [-0.15, -0.1) is 0 Å². The number of sulfone groups is 1. The van der Waals surface area contributed by atoms with Gasteiger partial charge in [-0.1, -0.05) is 6.08 Å². The molecule has 0 aliphatic carbocycles. The lowest BCUT2D eigenvalue weighted by Gasteiger charge is -2.17. The zero-order valence-corrected chi connectivity index (χ0v) is 9.38. The molecule has 1 aliphatic heterocycles. The summed E-state index contributed by atoms with van der Waals surface area (Å²) >= 11 is 0. The third-order valence-electron chi connectivity index (χ3n) is 2.00. The number of nitrogens with one attached hydrogen (secondary N) is 1. The van der Waals surface area contributed by atoms with Crippen molar-refractivity contribution >= 4 is 9.84 Å². The van der Waals surface area contributed by atoms with Crippen LogP contribution in [-0.4, -0.2) is 39.5 Å². The lowest BCUT2D eigenvalue weighted by Crippen LogP contribution is -2.39. The molecule has 1 N–H and O–H groups in total. The SMILES string of the molecule is CCOCC(C)NC1C=CS(=O)(=O)C1. The standard InChI is InChI=1S/C9H17NO3S/c1-3-13-6-8(2)10-9-4-5-14(11,12)7-9/h4-5,8-10H,3,6-7H2,1-2H3. The summed E-state index contributed by atoms with van der Waals surface area (Å²) in [6.45, 7) is 5.22. The van der Waals surface area contributed by atoms with Gasteiger partial charge in [-0.2, -0.15) is 0 Å². The minimum absolute atomic E-state index is 0.0598. The van der Waals surface area contributed by atoms with Crippen LogP contribution in [0, 0.1) is 0 Å². The fourth-order valence-corrected chi connectivity index (χ4v) is 2.64. The van der Waals surface area contributed by atoms with Crippen LogP contribution < -0.4 is 5.32 Å². The van der Waals surface area contributed by atoms with E-state index in [-0.39, 0.29) is 17.8 Å². The summed E-state index contributed by atoms with van der Waals surface area (Å²) in [6, 6.07) is 0.119. The van der Waals surface area contributed by atoms with Gasteiger partial charge in [0.15, 0.2) is 9.84 Å². The van der Waals surface area contributed by atoms with E-state index in [1.165, 1.54) is 5.41 Å². The molecule has 0 aromatic rings. The van der Waals surface area contributed by atoms with E-state index in [4.69, 9.17) is 4.74 Å². The van der Waals surface area contributed by atoms with Crippen LogP contribution in [0.25, 0.3) is 0 Å². The van der Waals surface area contributed by atoms with Crippen LogP contribution in [0.2, 0.25) is 0 Å². The van der Waals surface area contributed by atoms with E-state index in [2.05, 4.69) is 5.32 Å². The van der Waals surface area contributed by atoms with Gasteiger partial charge in [0.1, 0.15) is 0 Å². The third kappa shape index (κ3) is 3.77. The molecule has 1 rings (SSSR count). The van der Waals surface area contributed by atoms with Gasteiger partial charge in [-0.3, -0.25) is 0 Å². The normalized spacial score (nSPS) is 26.6. The van der Waals surface area contributed by atoms with Gasteiger partial charge in [-0.25, -0.2) is 8.42 Å². The maximum absolute atomic E-state index is 11.1. The Morgan fingerprint density at radius 2 is 2.36 bits per heavy atom. The number of hydrogen-bond acceptors (Lipinski definition) is 4. The Kier molecular flexibility index (Phi) is 4.10. The molecule has 0 bridgehead atoms. The highest BCUT2D eigenvalue weighted by Crippen LogP contribution is 2.08. The highest BCUT2D eigenvalue weighted by atomic mass is 32.2. The van der Waals surface area contributed by atoms with Crippen molar-refractivity contribution in [1.82, 2.24) is 5.32 Å². The Morgan fingerprint density at radius 3 is 2.86 bits per heavy atom. The molecule has 0 saturated heterocycles. The molecule has 2 atom stereocenters. The van der Waals surface area contributed by atoms with Crippen molar-refractivity contribution in [1.29, 1.82) is 0 Å². The molecule has 1 aliphatic rings. The lowest BCUT2D eigenvalue weighted by atomic mass is 10.3. The van der Waals surface area contributed by atoms with E-state index in [0.717, 1.165) is 0 Å². The smallest absolute Gasteiger partial charge is 0.173 e. The average molecular weight is 219 g/mol. The van der Waals surface area contributed by atoms with Crippen LogP contribution in [0.3, 0.4) is 0 Å². The molecule has 4 nitrogen and oxygen atoms in total.